The fraction of sp³-hybridized carbons (Fsp3) is 0.579. The number of fused-ring (bicyclic) bond motifs is 1. The van der Waals surface area contributed by atoms with Gasteiger partial charge >= 0.3 is 5.97 Å². The largest absolute Gasteiger partial charge is 0.469 e. The van der Waals surface area contributed by atoms with Crippen molar-refractivity contribution in [2.45, 2.75) is 32.6 Å². The lowest BCUT2D eigenvalue weighted by molar-refractivity contribution is -0.148. The highest BCUT2D eigenvalue weighted by Crippen LogP contribution is 2.32. The molecule has 0 N–H and O–H groups in total. The first-order valence-electron chi connectivity index (χ1n) is 8.89. The summed E-state index contributed by atoms with van der Waals surface area (Å²) in [5.41, 5.74) is 2.61. The van der Waals surface area contributed by atoms with Crippen LogP contribution in [0.4, 0.5) is 10.1 Å². The number of nitrogens with zero attached hydrogens (tertiary/aromatic N) is 2. The summed E-state index contributed by atoms with van der Waals surface area (Å²) in [4.78, 5) is 28.1. The third kappa shape index (κ3) is 3.62. The molecule has 25 heavy (non-hydrogen) atoms. The number of piperidine rings is 1. The van der Waals surface area contributed by atoms with E-state index < -0.39 is 0 Å². The van der Waals surface area contributed by atoms with E-state index in [4.69, 9.17) is 4.74 Å². The van der Waals surface area contributed by atoms with Gasteiger partial charge in [0.2, 0.25) is 5.91 Å². The molecule has 1 amide bonds. The van der Waals surface area contributed by atoms with E-state index in [1.165, 1.54) is 13.2 Å². The second-order valence-electron chi connectivity index (χ2n) is 6.89. The Bertz CT molecular complexity index is 669. The van der Waals surface area contributed by atoms with Gasteiger partial charge in [-0.25, -0.2) is 4.39 Å². The quantitative estimate of drug-likeness (QED) is 0.787. The lowest BCUT2D eigenvalue weighted by atomic mass is 9.96. The van der Waals surface area contributed by atoms with Gasteiger partial charge in [-0.2, -0.15) is 0 Å². The van der Waals surface area contributed by atoms with Gasteiger partial charge in [0.05, 0.1) is 19.6 Å². The number of esters is 1. The second kappa shape index (κ2) is 7.42. The van der Waals surface area contributed by atoms with Crippen LogP contribution in [0.25, 0.3) is 0 Å². The van der Waals surface area contributed by atoms with E-state index >= 15 is 0 Å². The van der Waals surface area contributed by atoms with E-state index in [-0.39, 0.29) is 30.2 Å². The van der Waals surface area contributed by atoms with Crippen molar-refractivity contribution >= 4 is 17.6 Å². The van der Waals surface area contributed by atoms with Crippen LogP contribution in [0.15, 0.2) is 12.1 Å². The molecule has 2 heterocycles. The number of ether oxygens (including phenoxy) is 1. The molecule has 1 aromatic rings. The molecule has 3 rings (SSSR count). The SMILES string of the molecule is COC(=O)C1CCN(C(=O)CN2CCCc3c(F)ccc(C)c32)CC1. The highest BCUT2D eigenvalue weighted by Gasteiger charge is 2.30. The molecule has 136 valence electrons. The molecule has 1 aromatic carbocycles. The maximum absolute atomic E-state index is 14.1. The van der Waals surface area contributed by atoms with Gasteiger partial charge in [-0.05, 0) is 44.2 Å². The minimum Gasteiger partial charge on any atom is -0.469 e. The Kier molecular flexibility index (Phi) is 5.25. The highest BCUT2D eigenvalue weighted by molar-refractivity contribution is 5.83. The molecule has 0 aromatic heterocycles. The molecule has 0 radical (unpaired) electrons. The fourth-order valence-corrected chi connectivity index (χ4v) is 3.92. The van der Waals surface area contributed by atoms with Gasteiger partial charge in [0.15, 0.2) is 0 Å². The van der Waals surface area contributed by atoms with Crippen LogP contribution < -0.4 is 4.90 Å². The number of carbonyl (C=O) groups is 2. The zero-order valence-corrected chi connectivity index (χ0v) is 14.9. The number of aryl methyl sites for hydroxylation is 1. The van der Waals surface area contributed by atoms with Crippen molar-refractivity contribution < 1.29 is 18.7 Å². The Morgan fingerprint density at radius 2 is 1.96 bits per heavy atom. The zero-order chi connectivity index (χ0) is 18.0. The minimum atomic E-state index is -0.192. The number of carbonyl (C=O) groups excluding carboxylic acids is 2. The molecular weight excluding hydrogens is 323 g/mol. The molecule has 5 nitrogen and oxygen atoms in total. The first-order chi connectivity index (χ1) is 12.0. The van der Waals surface area contributed by atoms with Crippen molar-refractivity contribution in [3.63, 3.8) is 0 Å². The standard InChI is InChI=1S/C19H25FN2O3/c1-13-5-6-16(20)15-4-3-9-22(18(13)15)12-17(23)21-10-7-14(8-11-21)19(24)25-2/h5-6,14H,3-4,7-12H2,1-2H3. The van der Waals surface area contributed by atoms with Crippen molar-refractivity contribution in [3.8, 4) is 0 Å². The normalized spacial score (nSPS) is 18.0. The average molecular weight is 348 g/mol. The van der Waals surface area contributed by atoms with Crippen molar-refractivity contribution in [1.82, 2.24) is 4.90 Å². The fourth-order valence-electron chi connectivity index (χ4n) is 3.92. The molecule has 2 aliphatic heterocycles. The van der Waals surface area contributed by atoms with E-state index in [2.05, 4.69) is 0 Å². The van der Waals surface area contributed by atoms with Crippen molar-refractivity contribution in [3.05, 3.63) is 29.1 Å². The van der Waals surface area contributed by atoms with Gasteiger partial charge in [0.1, 0.15) is 5.82 Å². The van der Waals surface area contributed by atoms with E-state index in [1.807, 2.05) is 16.7 Å². The average Bonchev–Trinajstić information content (AvgIpc) is 2.64. The second-order valence-corrected chi connectivity index (χ2v) is 6.89. The van der Waals surface area contributed by atoms with Crippen LogP contribution in [0.2, 0.25) is 0 Å². The molecule has 0 saturated carbocycles. The van der Waals surface area contributed by atoms with E-state index in [0.717, 1.165) is 36.2 Å². The van der Waals surface area contributed by atoms with Crippen LogP contribution in [-0.2, 0) is 20.7 Å². The zero-order valence-electron chi connectivity index (χ0n) is 14.9. The Labute approximate surface area is 147 Å². The number of hydrogen-bond donors (Lipinski definition) is 0. The predicted molar refractivity (Wildman–Crippen MR) is 93.0 cm³/mol. The summed E-state index contributed by atoms with van der Waals surface area (Å²) in [6, 6.07) is 3.29. The predicted octanol–water partition coefficient (Wildman–Crippen LogP) is 2.30. The van der Waals surface area contributed by atoms with Crippen LogP contribution in [0.3, 0.4) is 0 Å². The number of hydrogen-bond acceptors (Lipinski definition) is 4. The number of likely N-dealkylation sites (tertiary alicyclic amines) is 1. The summed E-state index contributed by atoms with van der Waals surface area (Å²) in [5.74, 6) is -0.444. The third-order valence-corrected chi connectivity index (χ3v) is 5.31. The van der Waals surface area contributed by atoms with E-state index in [9.17, 15) is 14.0 Å². The van der Waals surface area contributed by atoms with Crippen LogP contribution in [0, 0.1) is 18.7 Å². The number of benzene rings is 1. The molecule has 0 atom stereocenters. The van der Waals surface area contributed by atoms with E-state index in [1.54, 1.807) is 6.07 Å². The van der Waals surface area contributed by atoms with E-state index in [0.29, 0.717) is 25.9 Å². The van der Waals surface area contributed by atoms with Gasteiger partial charge in [0.25, 0.3) is 0 Å². The van der Waals surface area contributed by atoms with Crippen LogP contribution in [0.5, 0.6) is 0 Å². The van der Waals surface area contributed by atoms with Gasteiger partial charge in [-0.15, -0.1) is 0 Å². The molecule has 0 bridgehead atoms. The summed E-state index contributed by atoms with van der Waals surface area (Å²) in [6.45, 7) is 4.13. The minimum absolute atomic E-state index is 0.0415. The Hall–Kier alpha value is -2.11. The number of methoxy groups -OCH3 is 1. The summed E-state index contributed by atoms with van der Waals surface area (Å²) < 4.78 is 18.9. The number of anilines is 1. The molecule has 2 aliphatic rings. The lowest BCUT2D eigenvalue weighted by Crippen LogP contribution is -2.46. The summed E-state index contributed by atoms with van der Waals surface area (Å²) in [7, 11) is 1.40. The summed E-state index contributed by atoms with van der Waals surface area (Å²) >= 11 is 0. The molecule has 0 spiro atoms. The molecule has 1 fully saturated rings. The summed E-state index contributed by atoms with van der Waals surface area (Å²) in [5, 5.41) is 0. The Balaban J connectivity index is 1.66. The van der Waals surface area contributed by atoms with Gasteiger partial charge in [0, 0.05) is 30.9 Å². The smallest absolute Gasteiger partial charge is 0.308 e. The molecule has 0 aliphatic carbocycles. The van der Waals surface area contributed by atoms with Crippen molar-refractivity contribution in [2.75, 3.05) is 38.2 Å². The van der Waals surface area contributed by atoms with Crippen LogP contribution >= 0.6 is 0 Å². The first kappa shape index (κ1) is 17.7. The molecular formula is C19H25FN2O3. The highest BCUT2D eigenvalue weighted by atomic mass is 19.1. The van der Waals surface area contributed by atoms with Gasteiger partial charge in [-0.3, -0.25) is 9.59 Å². The first-order valence-corrected chi connectivity index (χ1v) is 8.89. The monoisotopic (exact) mass is 348 g/mol. The topological polar surface area (TPSA) is 49.9 Å². The van der Waals surface area contributed by atoms with Crippen LogP contribution in [0.1, 0.15) is 30.4 Å². The lowest BCUT2D eigenvalue weighted by Gasteiger charge is -2.36. The maximum Gasteiger partial charge on any atom is 0.308 e. The number of amides is 1. The van der Waals surface area contributed by atoms with Gasteiger partial charge in [-0.1, -0.05) is 6.07 Å². The maximum atomic E-state index is 14.1. The van der Waals surface area contributed by atoms with Gasteiger partial charge < -0.3 is 14.5 Å². The number of rotatable bonds is 3. The Morgan fingerprint density at radius 1 is 1.24 bits per heavy atom. The molecule has 0 unspecified atom stereocenters. The van der Waals surface area contributed by atoms with Crippen LogP contribution in [-0.4, -0.2) is 50.1 Å². The van der Waals surface area contributed by atoms with Crippen molar-refractivity contribution in [1.29, 1.82) is 0 Å². The Morgan fingerprint density at radius 3 is 2.64 bits per heavy atom. The van der Waals surface area contributed by atoms with Crippen molar-refractivity contribution in [2.24, 2.45) is 5.92 Å². The molecule has 1 saturated heterocycles. The summed E-state index contributed by atoms with van der Waals surface area (Å²) in [6.07, 6.45) is 2.86. The number of halogens is 1. The molecule has 6 heteroatoms. The third-order valence-electron chi connectivity index (χ3n) is 5.31.